The molecule has 0 aliphatic rings. The Morgan fingerprint density at radius 3 is 2.28 bits per heavy atom. The highest BCUT2D eigenvalue weighted by atomic mass is 16.5. The monoisotopic (exact) mass is 387 g/mol. The quantitative estimate of drug-likeness (QED) is 0.399. The maximum atomic E-state index is 5.21. The summed E-state index contributed by atoms with van der Waals surface area (Å²) < 4.78 is 5.21. The molecule has 0 aliphatic heterocycles. The second kappa shape index (κ2) is 11.4. The lowest BCUT2D eigenvalue weighted by Gasteiger charge is -2.19. The first-order valence-electron chi connectivity index (χ1n) is 10.7. The van der Waals surface area contributed by atoms with Crippen molar-refractivity contribution in [2.45, 2.75) is 38.5 Å². The molecule has 0 spiro atoms. The van der Waals surface area contributed by atoms with Gasteiger partial charge in [0.15, 0.2) is 0 Å². The number of benzene rings is 3. The minimum Gasteiger partial charge on any atom is -0.497 e. The summed E-state index contributed by atoms with van der Waals surface area (Å²) in [7, 11) is 1.71. The molecule has 29 heavy (non-hydrogen) atoms. The second-order valence-corrected chi connectivity index (χ2v) is 7.72. The Morgan fingerprint density at radius 2 is 1.55 bits per heavy atom. The summed E-state index contributed by atoms with van der Waals surface area (Å²) in [5, 5.41) is 3.59. The smallest absolute Gasteiger partial charge is 0.118 e. The summed E-state index contributed by atoms with van der Waals surface area (Å²) >= 11 is 0. The molecule has 2 heteroatoms. The van der Waals surface area contributed by atoms with Crippen LogP contribution in [0.25, 0.3) is 0 Å². The predicted molar refractivity (Wildman–Crippen MR) is 123 cm³/mol. The van der Waals surface area contributed by atoms with E-state index in [0.29, 0.717) is 5.92 Å². The first kappa shape index (κ1) is 21.1. The number of unbranched alkanes of at least 4 members (excludes halogenated alkanes) is 1. The molecule has 1 unspecified atom stereocenters. The van der Waals surface area contributed by atoms with E-state index in [1.54, 1.807) is 7.11 Å². The maximum Gasteiger partial charge on any atom is 0.118 e. The van der Waals surface area contributed by atoms with E-state index in [1.165, 1.54) is 41.5 Å². The van der Waals surface area contributed by atoms with Gasteiger partial charge in [0.25, 0.3) is 0 Å². The highest BCUT2D eigenvalue weighted by Gasteiger charge is 2.13. The van der Waals surface area contributed by atoms with Crippen LogP contribution in [0.3, 0.4) is 0 Å². The molecule has 0 aliphatic carbocycles. The molecule has 0 aromatic heterocycles. The van der Waals surface area contributed by atoms with Crippen LogP contribution in [0.2, 0.25) is 0 Å². The van der Waals surface area contributed by atoms with Crippen molar-refractivity contribution in [2.75, 3.05) is 20.2 Å². The van der Waals surface area contributed by atoms with Crippen LogP contribution in [0.1, 0.15) is 47.4 Å². The first-order chi connectivity index (χ1) is 14.3. The minimum atomic E-state index is 0.482. The van der Waals surface area contributed by atoms with Crippen molar-refractivity contribution in [3.63, 3.8) is 0 Å². The zero-order valence-electron chi connectivity index (χ0n) is 17.7. The van der Waals surface area contributed by atoms with Crippen molar-refractivity contribution in [3.8, 4) is 5.75 Å². The molecule has 0 saturated carbocycles. The van der Waals surface area contributed by atoms with Gasteiger partial charge in [0.1, 0.15) is 5.75 Å². The Kier molecular flexibility index (Phi) is 8.33. The van der Waals surface area contributed by atoms with Gasteiger partial charge < -0.3 is 10.1 Å². The van der Waals surface area contributed by atoms with E-state index < -0.39 is 0 Å². The second-order valence-electron chi connectivity index (χ2n) is 7.72. The summed E-state index contributed by atoms with van der Waals surface area (Å²) in [6, 6.07) is 28.3. The van der Waals surface area contributed by atoms with Gasteiger partial charge in [0, 0.05) is 5.92 Å². The molecular formula is C27H33NO. The molecular weight excluding hydrogens is 354 g/mol. The highest BCUT2D eigenvalue weighted by Crippen LogP contribution is 2.30. The van der Waals surface area contributed by atoms with Gasteiger partial charge in [-0.25, -0.2) is 0 Å². The number of hydrogen-bond acceptors (Lipinski definition) is 2. The molecule has 3 aromatic carbocycles. The Labute approximate surface area is 175 Å². The molecule has 0 radical (unpaired) electrons. The van der Waals surface area contributed by atoms with Crippen LogP contribution in [0.5, 0.6) is 5.75 Å². The Balaban J connectivity index is 1.43. The van der Waals surface area contributed by atoms with Crippen molar-refractivity contribution in [1.29, 1.82) is 0 Å². The van der Waals surface area contributed by atoms with E-state index in [2.05, 4.69) is 79.0 Å². The lowest BCUT2D eigenvalue weighted by Crippen LogP contribution is -2.18. The van der Waals surface area contributed by atoms with Crippen molar-refractivity contribution in [3.05, 3.63) is 101 Å². The molecule has 1 N–H and O–H groups in total. The molecule has 2 nitrogen and oxygen atoms in total. The summed E-state index contributed by atoms with van der Waals surface area (Å²) in [6.45, 7) is 4.27. The van der Waals surface area contributed by atoms with Crippen LogP contribution in [0.15, 0.2) is 78.9 Å². The molecule has 1 atom stereocenters. The minimum absolute atomic E-state index is 0.482. The van der Waals surface area contributed by atoms with Crippen LogP contribution >= 0.6 is 0 Å². The van der Waals surface area contributed by atoms with Gasteiger partial charge in [-0.2, -0.15) is 0 Å². The number of rotatable bonds is 11. The van der Waals surface area contributed by atoms with Crippen molar-refractivity contribution >= 4 is 0 Å². The van der Waals surface area contributed by atoms with Gasteiger partial charge >= 0.3 is 0 Å². The molecule has 0 amide bonds. The van der Waals surface area contributed by atoms with E-state index in [-0.39, 0.29) is 0 Å². The lowest BCUT2D eigenvalue weighted by atomic mass is 9.86. The Morgan fingerprint density at radius 1 is 0.793 bits per heavy atom. The number of methoxy groups -OCH3 is 1. The molecule has 0 heterocycles. The topological polar surface area (TPSA) is 21.3 Å². The average molecular weight is 388 g/mol. The van der Waals surface area contributed by atoms with Gasteiger partial charge in [0.2, 0.25) is 0 Å². The molecule has 0 fully saturated rings. The number of ether oxygens (including phenoxy) is 1. The molecule has 3 aromatic rings. The molecule has 0 saturated heterocycles. The van der Waals surface area contributed by atoms with Crippen molar-refractivity contribution in [1.82, 2.24) is 5.32 Å². The van der Waals surface area contributed by atoms with E-state index in [1.807, 2.05) is 12.1 Å². The Hall–Kier alpha value is -2.58. The van der Waals surface area contributed by atoms with Gasteiger partial charge in [0.05, 0.1) is 7.11 Å². The standard InChI is InChI=1S/C27H33NO/c1-22-9-8-12-25(21-22)27(24-10-4-3-5-11-24)13-6-7-19-28-20-18-23-14-16-26(29-2)17-15-23/h3-5,8-12,14-17,21,27-28H,6-7,13,18-20H2,1-2H3. The summed E-state index contributed by atoms with van der Waals surface area (Å²) in [5.74, 6) is 1.40. The average Bonchev–Trinajstić information content (AvgIpc) is 2.76. The fourth-order valence-corrected chi connectivity index (χ4v) is 3.85. The van der Waals surface area contributed by atoms with Gasteiger partial charge in [-0.3, -0.25) is 0 Å². The van der Waals surface area contributed by atoms with Crippen LogP contribution in [0, 0.1) is 6.92 Å². The van der Waals surface area contributed by atoms with E-state index in [0.717, 1.165) is 25.3 Å². The molecule has 0 bridgehead atoms. The fourth-order valence-electron chi connectivity index (χ4n) is 3.85. The SMILES string of the molecule is COc1ccc(CCNCCCCC(c2ccccc2)c2cccc(C)c2)cc1. The molecule has 3 rings (SSSR count). The van der Waals surface area contributed by atoms with Crippen LogP contribution in [-0.2, 0) is 6.42 Å². The maximum absolute atomic E-state index is 5.21. The van der Waals surface area contributed by atoms with Gasteiger partial charge in [-0.15, -0.1) is 0 Å². The van der Waals surface area contributed by atoms with Crippen LogP contribution < -0.4 is 10.1 Å². The summed E-state index contributed by atoms with van der Waals surface area (Å²) in [5.41, 5.74) is 5.54. The van der Waals surface area contributed by atoms with Crippen molar-refractivity contribution in [2.24, 2.45) is 0 Å². The van der Waals surface area contributed by atoms with Crippen LogP contribution in [-0.4, -0.2) is 20.2 Å². The van der Waals surface area contributed by atoms with E-state index in [4.69, 9.17) is 4.74 Å². The third-order valence-corrected chi connectivity index (χ3v) is 5.49. The predicted octanol–water partition coefficient (Wildman–Crippen LogP) is 6.14. The van der Waals surface area contributed by atoms with Gasteiger partial charge in [-0.05, 0) is 68.1 Å². The first-order valence-corrected chi connectivity index (χ1v) is 10.7. The fraction of sp³-hybridized carbons (Fsp3) is 0.333. The van der Waals surface area contributed by atoms with E-state index in [9.17, 15) is 0 Å². The summed E-state index contributed by atoms with van der Waals surface area (Å²) in [6.07, 6.45) is 4.67. The third-order valence-electron chi connectivity index (χ3n) is 5.49. The summed E-state index contributed by atoms with van der Waals surface area (Å²) in [4.78, 5) is 0. The number of nitrogens with one attached hydrogen (secondary N) is 1. The normalized spacial score (nSPS) is 11.9. The third kappa shape index (κ3) is 6.76. The van der Waals surface area contributed by atoms with E-state index >= 15 is 0 Å². The lowest BCUT2D eigenvalue weighted by molar-refractivity contribution is 0.414. The zero-order valence-corrected chi connectivity index (χ0v) is 17.7. The van der Waals surface area contributed by atoms with Crippen molar-refractivity contribution < 1.29 is 4.74 Å². The van der Waals surface area contributed by atoms with Gasteiger partial charge in [-0.1, -0.05) is 78.7 Å². The zero-order chi connectivity index (χ0) is 20.3. The number of aryl methyl sites for hydroxylation is 1. The number of hydrogen-bond donors (Lipinski definition) is 1. The highest BCUT2D eigenvalue weighted by molar-refractivity contribution is 5.34. The largest absolute Gasteiger partial charge is 0.497 e. The Bertz CT molecular complexity index is 842. The molecule has 152 valence electrons. The van der Waals surface area contributed by atoms with Crippen LogP contribution in [0.4, 0.5) is 0 Å².